The van der Waals surface area contributed by atoms with E-state index in [0.717, 1.165) is 31.4 Å². The van der Waals surface area contributed by atoms with Crippen LogP contribution >= 0.6 is 0 Å². The molecule has 1 aromatic rings. The van der Waals surface area contributed by atoms with E-state index in [4.69, 9.17) is 9.47 Å². The summed E-state index contributed by atoms with van der Waals surface area (Å²) in [6, 6.07) is 5.08. The van der Waals surface area contributed by atoms with Gasteiger partial charge in [0.2, 0.25) is 0 Å². The normalized spacial score (nSPS) is 11.2. The van der Waals surface area contributed by atoms with Gasteiger partial charge in [0.05, 0.1) is 6.61 Å². The van der Waals surface area contributed by atoms with Crippen molar-refractivity contribution in [1.29, 1.82) is 0 Å². The molecule has 5 nitrogen and oxygen atoms in total. The van der Waals surface area contributed by atoms with Crippen LogP contribution in [0.25, 0.3) is 0 Å². The fourth-order valence-corrected chi connectivity index (χ4v) is 2.89. The van der Waals surface area contributed by atoms with Crippen molar-refractivity contribution in [1.82, 2.24) is 0 Å². The van der Waals surface area contributed by atoms with Crippen LogP contribution in [0.5, 0.6) is 5.75 Å². The topological polar surface area (TPSA) is 61.8 Å². The van der Waals surface area contributed by atoms with Gasteiger partial charge < -0.3 is 14.2 Å². The minimum absolute atomic E-state index is 0.0615. The summed E-state index contributed by atoms with van der Waals surface area (Å²) in [7, 11) is 0. The van der Waals surface area contributed by atoms with Crippen LogP contribution in [0, 0.1) is 0 Å². The molecule has 176 valence electrons. The number of alkyl halides is 3. The van der Waals surface area contributed by atoms with Gasteiger partial charge in [-0.25, -0.2) is 0 Å². The fraction of sp³-hybridized carbons (Fsp3) is 0.652. The maximum Gasteiger partial charge on any atom is 0.573 e. The molecule has 0 atom stereocenters. The van der Waals surface area contributed by atoms with Gasteiger partial charge in [0, 0.05) is 12.8 Å². The van der Waals surface area contributed by atoms with Crippen molar-refractivity contribution in [2.75, 3.05) is 6.61 Å². The summed E-state index contributed by atoms with van der Waals surface area (Å²) in [5.74, 6) is -1.14. The molecule has 0 spiro atoms. The molecule has 0 saturated carbocycles. The average Bonchev–Trinajstić information content (AvgIpc) is 2.71. The van der Waals surface area contributed by atoms with Gasteiger partial charge in [0.15, 0.2) is 0 Å². The Hall–Kier alpha value is -2.25. The summed E-state index contributed by atoms with van der Waals surface area (Å²) in [5.41, 5.74) is 0.535. The van der Waals surface area contributed by atoms with E-state index >= 15 is 0 Å². The van der Waals surface area contributed by atoms with Gasteiger partial charge in [-0.15, -0.1) is 13.2 Å². The summed E-state index contributed by atoms with van der Waals surface area (Å²) in [5, 5.41) is 0. The van der Waals surface area contributed by atoms with Crippen molar-refractivity contribution < 1.29 is 37.0 Å². The first-order valence-electron chi connectivity index (χ1n) is 11.0. The molecule has 8 heteroatoms. The summed E-state index contributed by atoms with van der Waals surface area (Å²) >= 11 is 0. The van der Waals surface area contributed by atoms with Crippen molar-refractivity contribution in [2.24, 2.45) is 0 Å². The fourth-order valence-electron chi connectivity index (χ4n) is 2.89. The number of carbonyl (C=O) groups excluding carboxylic acids is 2. The largest absolute Gasteiger partial charge is 0.573 e. The first-order valence-corrected chi connectivity index (χ1v) is 11.0. The zero-order chi connectivity index (χ0) is 23.0. The second kappa shape index (κ2) is 15.5. The minimum Gasteiger partial charge on any atom is -0.466 e. The lowest BCUT2D eigenvalue weighted by molar-refractivity contribution is -0.274. The maximum atomic E-state index is 12.1. The quantitative estimate of drug-likeness (QED) is 0.215. The lowest BCUT2D eigenvalue weighted by atomic mass is 10.1. The third-order valence-corrected chi connectivity index (χ3v) is 4.58. The second-order valence-electron chi connectivity index (χ2n) is 7.40. The molecule has 0 bridgehead atoms. The lowest BCUT2D eigenvalue weighted by Gasteiger charge is -2.09. The van der Waals surface area contributed by atoms with Crippen molar-refractivity contribution in [3.8, 4) is 5.75 Å². The van der Waals surface area contributed by atoms with Gasteiger partial charge in [0.25, 0.3) is 0 Å². The molecule has 0 unspecified atom stereocenters. The Morgan fingerprint density at radius 3 is 1.90 bits per heavy atom. The number of esters is 2. The van der Waals surface area contributed by atoms with Crippen molar-refractivity contribution in [2.45, 2.75) is 90.5 Å². The Kier molecular flexibility index (Phi) is 13.4. The zero-order valence-electron chi connectivity index (χ0n) is 18.2. The van der Waals surface area contributed by atoms with E-state index in [-0.39, 0.29) is 31.2 Å². The maximum absolute atomic E-state index is 12.1. The van der Waals surface area contributed by atoms with E-state index < -0.39 is 12.3 Å². The van der Waals surface area contributed by atoms with Gasteiger partial charge >= 0.3 is 18.3 Å². The smallest absolute Gasteiger partial charge is 0.466 e. The zero-order valence-corrected chi connectivity index (χ0v) is 18.2. The third-order valence-electron chi connectivity index (χ3n) is 4.58. The van der Waals surface area contributed by atoms with E-state index in [1.165, 1.54) is 44.2 Å². The molecule has 31 heavy (non-hydrogen) atoms. The molecule has 0 aliphatic rings. The first-order chi connectivity index (χ1) is 14.8. The number of rotatable bonds is 16. The number of carbonyl (C=O) groups is 2. The Labute approximate surface area is 182 Å². The summed E-state index contributed by atoms with van der Waals surface area (Å²) in [6.45, 7) is 2.54. The van der Waals surface area contributed by atoms with Crippen LogP contribution in [0.3, 0.4) is 0 Å². The molecule has 0 aliphatic carbocycles. The van der Waals surface area contributed by atoms with Crippen LogP contribution in [0.15, 0.2) is 24.3 Å². The van der Waals surface area contributed by atoms with Crippen molar-refractivity contribution >= 4 is 11.9 Å². The average molecular weight is 447 g/mol. The molecule has 1 rings (SSSR count). The Balaban J connectivity index is 2.04. The molecule has 0 heterocycles. The highest BCUT2D eigenvalue weighted by Crippen LogP contribution is 2.23. The van der Waals surface area contributed by atoms with Gasteiger partial charge in [-0.1, -0.05) is 64.0 Å². The number of hydrogen-bond acceptors (Lipinski definition) is 5. The summed E-state index contributed by atoms with van der Waals surface area (Å²) < 4.78 is 50.3. The summed E-state index contributed by atoms with van der Waals surface area (Å²) in [6.07, 6.45) is 5.17. The molecular weight excluding hydrogens is 413 g/mol. The minimum atomic E-state index is -4.75. The highest BCUT2D eigenvalue weighted by Gasteiger charge is 2.30. The molecule has 0 amide bonds. The van der Waals surface area contributed by atoms with E-state index in [1.807, 2.05) is 0 Å². The van der Waals surface area contributed by atoms with E-state index in [0.29, 0.717) is 18.6 Å². The van der Waals surface area contributed by atoms with Crippen molar-refractivity contribution in [3.63, 3.8) is 0 Å². The Bertz CT molecular complexity index is 629. The third kappa shape index (κ3) is 15.2. The molecule has 1 aromatic carbocycles. The Morgan fingerprint density at radius 1 is 0.774 bits per heavy atom. The highest BCUT2D eigenvalue weighted by molar-refractivity contribution is 5.72. The molecule has 0 fully saturated rings. The van der Waals surface area contributed by atoms with Gasteiger partial charge in [-0.3, -0.25) is 9.59 Å². The number of benzene rings is 1. The molecule has 0 N–H and O–H groups in total. The van der Waals surface area contributed by atoms with Crippen LogP contribution in [-0.2, 0) is 25.7 Å². The second-order valence-corrected chi connectivity index (χ2v) is 7.40. The predicted molar refractivity (Wildman–Crippen MR) is 110 cm³/mol. The molecular formula is C23H33F3O5. The number of unbranched alkanes of at least 4 members (excludes halogenated alkanes) is 7. The summed E-state index contributed by atoms with van der Waals surface area (Å²) in [4.78, 5) is 23.4. The first kappa shape index (κ1) is 26.8. The number of halogens is 3. The molecule has 0 aromatic heterocycles. The standard InChI is InChI=1S/C23H33F3O5/c1-2-3-4-5-6-7-8-9-17-29-21(27)11-10-12-22(28)30-18-19-13-15-20(16-14-19)31-23(24,25)26/h13-16H,2-12,17-18H2,1H3. The van der Waals surface area contributed by atoms with Crippen molar-refractivity contribution in [3.05, 3.63) is 29.8 Å². The van der Waals surface area contributed by atoms with Crippen LogP contribution in [0.4, 0.5) is 13.2 Å². The number of hydrogen-bond donors (Lipinski definition) is 0. The van der Waals surface area contributed by atoms with Crippen LogP contribution in [0.2, 0.25) is 0 Å². The molecule has 0 aliphatic heterocycles. The van der Waals surface area contributed by atoms with Gasteiger partial charge in [-0.2, -0.15) is 0 Å². The number of ether oxygens (including phenoxy) is 3. The monoisotopic (exact) mass is 446 g/mol. The van der Waals surface area contributed by atoms with Gasteiger partial charge in [-0.05, 0) is 30.5 Å². The van der Waals surface area contributed by atoms with E-state index in [1.54, 1.807) is 0 Å². The van der Waals surface area contributed by atoms with E-state index in [2.05, 4.69) is 11.7 Å². The predicted octanol–water partition coefficient (Wildman–Crippen LogP) is 6.48. The van der Waals surface area contributed by atoms with Crippen LogP contribution in [-0.4, -0.2) is 24.9 Å². The molecule has 0 radical (unpaired) electrons. The van der Waals surface area contributed by atoms with Gasteiger partial charge in [0.1, 0.15) is 12.4 Å². The Morgan fingerprint density at radius 2 is 1.32 bits per heavy atom. The van der Waals surface area contributed by atoms with E-state index in [9.17, 15) is 22.8 Å². The highest BCUT2D eigenvalue weighted by atomic mass is 19.4. The van der Waals surface area contributed by atoms with Crippen LogP contribution < -0.4 is 4.74 Å². The van der Waals surface area contributed by atoms with Crippen LogP contribution in [0.1, 0.15) is 83.1 Å². The SMILES string of the molecule is CCCCCCCCCCOC(=O)CCCC(=O)OCc1ccc(OC(F)(F)F)cc1. The molecule has 0 saturated heterocycles. The lowest BCUT2D eigenvalue weighted by Crippen LogP contribution is -2.17.